The van der Waals surface area contributed by atoms with E-state index in [0.29, 0.717) is 16.8 Å². The molecule has 35 heavy (non-hydrogen) atoms. The molecular weight excluding hydrogens is 443 g/mol. The van der Waals surface area contributed by atoms with Crippen LogP contribution in [0.4, 0.5) is 4.39 Å². The van der Waals surface area contributed by atoms with Crippen LogP contribution in [0.5, 0.6) is 5.75 Å². The molecule has 5 nitrogen and oxygen atoms in total. The molecule has 3 aromatic carbocycles. The minimum Gasteiger partial charge on any atom is -0.497 e. The third-order valence-corrected chi connectivity index (χ3v) is 6.40. The van der Waals surface area contributed by atoms with Crippen LogP contribution in [-0.4, -0.2) is 28.4 Å². The molecule has 0 aliphatic heterocycles. The summed E-state index contributed by atoms with van der Waals surface area (Å²) in [5.74, 6) is -0.312. The number of carboxylic acids is 1. The first-order chi connectivity index (χ1) is 16.9. The normalized spacial score (nSPS) is 14.4. The Balaban J connectivity index is 1.74. The topological polar surface area (TPSA) is 75.2 Å². The second kappa shape index (κ2) is 9.22. The first kappa shape index (κ1) is 22.6. The van der Waals surface area contributed by atoms with E-state index in [1.807, 2.05) is 54.6 Å². The number of hydrogen-bond donors (Lipinski definition) is 2. The number of ether oxygens (including phenoxy) is 1. The maximum absolute atomic E-state index is 14.4. The number of fused-ring (bicyclic) bond motifs is 1. The SMILES string of the molecule is COc1ccc(C(=C(c2ccc(C=CC(=O)O)cc2)c2ccc3[nH]nc(F)c3c2)C2CC2)c(C)c1. The van der Waals surface area contributed by atoms with Crippen molar-refractivity contribution >= 4 is 34.1 Å². The van der Waals surface area contributed by atoms with Gasteiger partial charge in [0.1, 0.15) is 5.75 Å². The summed E-state index contributed by atoms with van der Waals surface area (Å²) < 4.78 is 19.8. The van der Waals surface area contributed by atoms with Gasteiger partial charge in [0.2, 0.25) is 5.95 Å². The zero-order chi connectivity index (χ0) is 24.5. The number of hydrogen-bond acceptors (Lipinski definition) is 3. The summed E-state index contributed by atoms with van der Waals surface area (Å²) >= 11 is 0. The van der Waals surface area contributed by atoms with Crippen molar-refractivity contribution in [3.05, 3.63) is 101 Å². The van der Waals surface area contributed by atoms with Crippen molar-refractivity contribution in [1.82, 2.24) is 10.2 Å². The number of nitrogens with zero attached hydrogens (tertiary/aromatic N) is 1. The Hall–Kier alpha value is -4.19. The summed E-state index contributed by atoms with van der Waals surface area (Å²) in [6.07, 6.45) is 4.87. The molecule has 0 atom stereocenters. The number of methoxy groups -OCH3 is 1. The zero-order valence-corrected chi connectivity index (χ0v) is 19.5. The molecule has 4 aromatic rings. The van der Waals surface area contributed by atoms with E-state index in [1.54, 1.807) is 13.2 Å². The third-order valence-electron chi connectivity index (χ3n) is 6.40. The van der Waals surface area contributed by atoms with E-state index < -0.39 is 11.9 Å². The lowest BCUT2D eigenvalue weighted by molar-refractivity contribution is -0.131. The van der Waals surface area contributed by atoms with Crippen LogP contribution < -0.4 is 4.74 Å². The Morgan fingerprint density at radius 2 is 1.83 bits per heavy atom. The van der Waals surface area contributed by atoms with Gasteiger partial charge in [0, 0.05) is 6.08 Å². The summed E-state index contributed by atoms with van der Waals surface area (Å²) in [5.41, 5.74) is 7.85. The molecule has 0 saturated heterocycles. The fourth-order valence-corrected chi connectivity index (χ4v) is 4.54. The highest BCUT2D eigenvalue weighted by molar-refractivity contribution is 6.02. The molecule has 1 heterocycles. The summed E-state index contributed by atoms with van der Waals surface area (Å²) in [6.45, 7) is 2.08. The molecule has 176 valence electrons. The highest BCUT2D eigenvalue weighted by Gasteiger charge is 2.31. The second-order valence-electron chi connectivity index (χ2n) is 8.81. The lowest BCUT2D eigenvalue weighted by Gasteiger charge is -2.19. The van der Waals surface area contributed by atoms with Crippen LogP contribution >= 0.6 is 0 Å². The van der Waals surface area contributed by atoms with Crippen molar-refractivity contribution < 1.29 is 19.0 Å². The Labute approximate surface area is 202 Å². The van der Waals surface area contributed by atoms with E-state index in [9.17, 15) is 9.18 Å². The van der Waals surface area contributed by atoms with E-state index in [1.165, 1.54) is 5.57 Å². The lowest BCUT2D eigenvalue weighted by atomic mass is 9.85. The highest BCUT2D eigenvalue weighted by atomic mass is 19.1. The number of H-pyrrole nitrogens is 1. The molecule has 0 amide bonds. The van der Waals surface area contributed by atoms with E-state index in [-0.39, 0.29) is 0 Å². The molecule has 6 heteroatoms. The largest absolute Gasteiger partial charge is 0.497 e. The van der Waals surface area contributed by atoms with Crippen LogP contribution in [0.25, 0.3) is 28.1 Å². The molecule has 1 saturated carbocycles. The number of aromatic amines is 1. The average molecular weight is 469 g/mol. The third kappa shape index (κ3) is 4.60. The van der Waals surface area contributed by atoms with Crippen molar-refractivity contribution in [2.24, 2.45) is 5.92 Å². The van der Waals surface area contributed by atoms with Gasteiger partial charge in [-0.3, -0.25) is 5.10 Å². The lowest BCUT2D eigenvalue weighted by Crippen LogP contribution is -2.00. The van der Waals surface area contributed by atoms with Gasteiger partial charge < -0.3 is 9.84 Å². The molecule has 0 unspecified atom stereocenters. The van der Waals surface area contributed by atoms with E-state index in [2.05, 4.69) is 23.2 Å². The molecule has 0 bridgehead atoms. The first-order valence-corrected chi connectivity index (χ1v) is 11.5. The van der Waals surface area contributed by atoms with Crippen molar-refractivity contribution in [3.8, 4) is 5.75 Å². The summed E-state index contributed by atoms with van der Waals surface area (Å²) in [5, 5.41) is 15.8. The number of benzene rings is 3. The van der Waals surface area contributed by atoms with Crippen LogP contribution in [0, 0.1) is 18.8 Å². The minimum absolute atomic E-state index is 0.397. The number of rotatable bonds is 7. The number of aryl methyl sites for hydroxylation is 1. The number of carboxylic acid groups (broad SMARTS) is 1. The van der Waals surface area contributed by atoms with Gasteiger partial charge in [-0.1, -0.05) is 36.4 Å². The Kier molecular flexibility index (Phi) is 5.95. The van der Waals surface area contributed by atoms with Crippen LogP contribution in [0.1, 0.15) is 40.7 Å². The van der Waals surface area contributed by atoms with Crippen LogP contribution in [0.3, 0.4) is 0 Å². The Bertz CT molecular complexity index is 1480. The molecule has 0 radical (unpaired) electrons. The summed E-state index contributed by atoms with van der Waals surface area (Å²) in [6, 6.07) is 19.6. The highest BCUT2D eigenvalue weighted by Crippen LogP contribution is 2.49. The van der Waals surface area contributed by atoms with Crippen molar-refractivity contribution in [2.75, 3.05) is 7.11 Å². The van der Waals surface area contributed by atoms with E-state index in [0.717, 1.165) is 58.1 Å². The Morgan fingerprint density at radius 1 is 1.09 bits per heavy atom. The quantitative estimate of drug-likeness (QED) is 0.240. The summed E-state index contributed by atoms with van der Waals surface area (Å²) in [4.78, 5) is 10.9. The van der Waals surface area contributed by atoms with Crippen molar-refractivity contribution in [2.45, 2.75) is 19.8 Å². The van der Waals surface area contributed by atoms with Crippen molar-refractivity contribution in [3.63, 3.8) is 0 Å². The molecule has 2 N–H and O–H groups in total. The van der Waals surface area contributed by atoms with Gasteiger partial charge in [-0.25, -0.2) is 4.79 Å². The maximum atomic E-state index is 14.4. The second-order valence-corrected chi connectivity index (χ2v) is 8.81. The van der Waals surface area contributed by atoms with Gasteiger partial charge in [-0.15, -0.1) is 5.10 Å². The van der Waals surface area contributed by atoms with Gasteiger partial charge in [-0.05, 0) is 95.0 Å². The van der Waals surface area contributed by atoms with Crippen molar-refractivity contribution in [1.29, 1.82) is 0 Å². The first-order valence-electron chi connectivity index (χ1n) is 11.5. The predicted octanol–water partition coefficient (Wildman–Crippen LogP) is 6.49. The number of allylic oxidation sites excluding steroid dienone is 1. The van der Waals surface area contributed by atoms with E-state index in [4.69, 9.17) is 9.84 Å². The number of halogens is 1. The van der Waals surface area contributed by atoms with Crippen LogP contribution in [-0.2, 0) is 4.79 Å². The van der Waals surface area contributed by atoms with Crippen LogP contribution in [0.15, 0.2) is 66.7 Å². The fraction of sp³-hybridized carbons (Fsp3) is 0.172. The van der Waals surface area contributed by atoms with Gasteiger partial charge in [-0.2, -0.15) is 4.39 Å². The van der Waals surface area contributed by atoms with Gasteiger partial charge in [0.15, 0.2) is 0 Å². The molecule has 0 spiro atoms. The predicted molar refractivity (Wildman–Crippen MR) is 136 cm³/mol. The van der Waals surface area contributed by atoms with Crippen LogP contribution in [0.2, 0.25) is 0 Å². The zero-order valence-electron chi connectivity index (χ0n) is 19.5. The molecular formula is C29H25FN2O3. The Morgan fingerprint density at radius 3 is 2.49 bits per heavy atom. The fourth-order valence-electron chi connectivity index (χ4n) is 4.54. The summed E-state index contributed by atoms with van der Waals surface area (Å²) in [7, 11) is 1.66. The van der Waals surface area contributed by atoms with Gasteiger partial charge in [0.05, 0.1) is 18.0 Å². The standard InChI is InChI=1S/C29H25FN2O3/c1-17-15-22(35-2)11-12-23(17)28(20-8-9-20)27(19-6-3-18(4-7-19)5-14-26(33)34)21-10-13-25-24(16-21)29(30)32-31-25/h3-7,10-16,20H,8-9H2,1-2H3,(H,31,32)(H,33,34). The molecule has 1 aliphatic rings. The molecule has 1 fully saturated rings. The number of nitrogens with one attached hydrogen (secondary N) is 1. The smallest absolute Gasteiger partial charge is 0.328 e. The number of carbonyl (C=O) groups is 1. The monoisotopic (exact) mass is 468 g/mol. The van der Waals surface area contributed by atoms with Gasteiger partial charge in [0.25, 0.3) is 0 Å². The molecule has 1 aliphatic carbocycles. The average Bonchev–Trinajstić information content (AvgIpc) is 3.64. The molecule has 5 rings (SSSR count). The number of aromatic nitrogens is 2. The molecule has 1 aromatic heterocycles. The van der Waals surface area contributed by atoms with Gasteiger partial charge >= 0.3 is 5.97 Å². The van der Waals surface area contributed by atoms with E-state index >= 15 is 0 Å². The minimum atomic E-state index is -0.990. The maximum Gasteiger partial charge on any atom is 0.328 e. The number of aliphatic carboxylic acids is 1.